The van der Waals surface area contributed by atoms with Gasteiger partial charge in [-0.1, -0.05) is 50.2 Å². The third kappa shape index (κ3) is 4.80. The van der Waals surface area contributed by atoms with Crippen LogP contribution in [0.15, 0.2) is 54.7 Å². The third-order valence-electron chi connectivity index (χ3n) is 4.71. The number of methoxy groups -OCH3 is 1. The molecule has 1 heterocycles. The lowest BCUT2D eigenvalue weighted by atomic mass is 9.98. The molecule has 28 heavy (non-hydrogen) atoms. The van der Waals surface area contributed by atoms with Crippen LogP contribution in [0.5, 0.6) is 5.75 Å². The van der Waals surface area contributed by atoms with Crippen LogP contribution >= 0.6 is 0 Å². The van der Waals surface area contributed by atoms with Crippen molar-refractivity contribution in [1.29, 1.82) is 0 Å². The predicted octanol–water partition coefficient (Wildman–Crippen LogP) is 5.32. The van der Waals surface area contributed by atoms with Gasteiger partial charge in [-0.2, -0.15) is 4.98 Å². The molecule has 1 aromatic heterocycles. The van der Waals surface area contributed by atoms with E-state index in [0.717, 1.165) is 35.8 Å². The van der Waals surface area contributed by atoms with Crippen LogP contribution in [0.3, 0.4) is 0 Å². The highest BCUT2D eigenvalue weighted by atomic mass is 16.5. The van der Waals surface area contributed by atoms with Crippen molar-refractivity contribution in [2.24, 2.45) is 0 Å². The first-order valence-electron chi connectivity index (χ1n) is 9.64. The molecule has 0 aliphatic rings. The van der Waals surface area contributed by atoms with Crippen molar-refractivity contribution in [3.05, 3.63) is 71.4 Å². The first kappa shape index (κ1) is 19.7. The molecule has 0 saturated heterocycles. The Labute approximate surface area is 167 Å². The minimum Gasteiger partial charge on any atom is -0.496 e. The third-order valence-corrected chi connectivity index (χ3v) is 4.71. The number of rotatable bonds is 8. The van der Waals surface area contributed by atoms with E-state index in [1.165, 1.54) is 11.1 Å². The van der Waals surface area contributed by atoms with Crippen LogP contribution in [-0.4, -0.2) is 23.6 Å². The Balaban J connectivity index is 1.68. The quantitative estimate of drug-likeness (QED) is 0.557. The molecule has 0 bridgehead atoms. The predicted molar refractivity (Wildman–Crippen MR) is 116 cm³/mol. The summed E-state index contributed by atoms with van der Waals surface area (Å²) in [6, 6.07) is 16.3. The molecule has 0 amide bonds. The number of hydrogen-bond acceptors (Lipinski definition) is 5. The lowest BCUT2D eigenvalue weighted by Gasteiger charge is -2.17. The number of aryl methyl sites for hydroxylation is 1. The van der Waals surface area contributed by atoms with Gasteiger partial charge in [0.25, 0.3) is 0 Å². The van der Waals surface area contributed by atoms with Crippen molar-refractivity contribution in [2.45, 2.75) is 33.1 Å². The van der Waals surface area contributed by atoms with Crippen LogP contribution in [-0.2, 0) is 6.42 Å². The highest BCUT2D eigenvalue weighted by Crippen LogP contribution is 2.29. The molecule has 146 valence electrons. The number of hydrogen-bond donors (Lipinski definition) is 2. The maximum Gasteiger partial charge on any atom is 0.224 e. The fraction of sp³-hybridized carbons (Fsp3) is 0.304. The summed E-state index contributed by atoms with van der Waals surface area (Å²) in [5.41, 5.74) is 4.77. The Morgan fingerprint density at radius 1 is 1.04 bits per heavy atom. The molecule has 0 aliphatic heterocycles. The number of anilines is 3. The molecule has 5 nitrogen and oxygen atoms in total. The highest BCUT2D eigenvalue weighted by Gasteiger charge is 2.10. The number of benzene rings is 2. The van der Waals surface area contributed by atoms with Gasteiger partial charge < -0.3 is 15.4 Å². The van der Waals surface area contributed by atoms with Gasteiger partial charge in [0, 0.05) is 18.4 Å². The van der Waals surface area contributed by atoms with Gasteiger partial charge in [0.2, 0.25) is 5.95 Å². The zero-order valence-corrected chi connectivity index (χ0v) is 17.0. The van der Waals surface area contributed by atoms with Crippen LogP contribution in [0.25, 0.3) is 0 Å². The number of nitrogens with one attached hydrogen (secondary N) is 2. The first-order chi connectivity index (χ1) is 13.6. The van der Waals surface area contributed by atoms with E-state index in [1.54, 1.807) is 13.3 Å². The molecule has 0 radical (unpaired) electrons. The smallest absolute Gasteiger partial charge is 0.224 e. The van der Waals surface area contributed by atoms with Crippen LogP contribution < -0.4 is 15.4 Å². The first-order valence-corrected chi connectivity index (χ1v) is 9.64. The molecule has 0 aliphatic carbocycles. The van der Waals surface area contributed by atoms with Gasteiger partial charge in [-0.3, -0.25) is 0 Å². The van der Waals surface area contributed by atoms with Crippen molar-refractivity contribution < 1.29 is 4.74 Å². The van der Waals surface area contributed by atoms with E-state index in [-0.39, 0.29) is 0 Å². The fourth-order valence-electron chi connectivity index (χ4n) is 3.20. The van der Waals surface area contributed by atoms with E-state index >= 15 is 0 Å². The van der Waals surface area contributed by atoms with Crippen LogP contribution in [0.1, 0.15) is 36.5 Å². The second kappa shape index (κ2) is 9.22. The maximum absolute atomic E-state index is 5.41. The van der Waals surface area contributed by atoms with Crippen molar-refractivity contribution in [3.63, 3.8) is 0 Å². The minimum atomic E-state index is 0.433. The topological polar surface area (TPSA) is 59.1 Å². The van der Waals surface area contributed by atoms with E-state index in [4.69, 9.17) is 4.74 Å². The van der Waals surface area contributed by atoms with Gasteiger partial charge in [0.15, 0.2) is 0 Å². The monoisotopic (exact) mass is 376 g/mol. The SMILES string of the molecule is COc1ccccc1CCNc1nccc(Nc2c(C)cccc2C(C)C)n1. The lowest BCUT2D eigenvalue weighted by molar-refractivity contribution is 0.410. The molecular formula is C23H28N4O. The molecule has 3 aromatic rings. The van der Waals surface area contributed by atoms with Crippen molar-refractivity contribution in [1.82, 2.24) is 9.97 Å². The van der Waals surface area contributed by atoms with Crippen molar-refractivity contribution in [3.8, 4) is 5.75 Å². The molecular weight excluding hydrogens is 348 g/mol. The normalized spacial score (nSPS) is 10.8. The summed E-state index contributed by atoms with van der Waals surface area (Å²) in [5, 5.41) is 6.78. The maximum atomic E-state index is 5.41. The second-order valence-corrected chi connectivity index (χ2v) is 7.07. The average molecular weight is 377 g/mol. The van der Waals surface area contributed by atoms with Gasteiger partial charge in [0.05, 0.1) is 7.11 Å². The van der Waals surface area contributed by atoms with Gasteiger partial charge in [-0.25, -0.2) is 4.98 Å². The molecule has 0 saturated carbocycles. The zero-order valence-electron chi connectivity index (χ0n) is 17.0. The van der Waals surface area contributed by atoms with E-state index in [1.807, 2.05) is 24.3 Å². The van der Waals surface area contributed by atoms with E-state index in [2.05, 4.69) is 65.6 Å². The van der Waals surface area contributed by atoms with Gasteiger partial charge >= 0.3 is 0 Å². The Morgan fingerprint density at radius 3 is 2.64 bits per heavy atom. The highest BCUT2D eigenvalue weighted by molar-refractivity contribution is 5.65. The minimum absolute atomic E-state index is 0.433. The molecule has 0 fully saturated rings. The summed E-state index contributed by atoms with van der Waals surface area (Å²) < 4.78 is 5.41. The Bertz CT molecular complexity index is 924. The average Bonchev–Trinajstić information content (AvgIpc) is 2.70. The fourth-order valence-corrected chi connectivity index (χ4v) is 3.20. The molecule has 2 aromatic carbocycles. The molecule has 0 unspecified atom stereocenters. The molecule has 3 rings (SSSR count). The molecule has 5 heteroatoms. The number of ether oxygens (including phenoxy) is 1. The van der Waals surface area contributed by atoms with E-state index in [0.29, 0.717) is 11.9 Å². The molecule has 0 atom stereocenters. The summed E-state index contributed by atoms with van der Waals surface area (Å²) in [6.07, 6.45) is 2.61. The van der Waals surface area contributed by atoms with Crippen LogP contribution in [0.2, 0.25) is 0 Å². The largest absolute Gasteiger partial charge is 0.496 e. The Kier molecular flexibility index (Phi) is 6.48. The summed E-state index contributed by atoms with van der Waals surface area (Å²) in [4.78, 5) is 8.96. The number of nitrogens with zero attached hydrogens (tertiary/aromatic N) is 2. The van der Waals surface area contributed by atoms with Gasteiger partial charge in [-0.05, 0) is 48.1 Å². The van der Waals surface area contributed by atoms with Crippen LogP contribution in [0, 0.1) is 6.92 Å². The standard InChI is InChI=1S/C23H28N4O/c1-16(2)19-10-7-8-17(3)22(19)26-21-13-15-25-23(27-21)24-14-12-18-9-5-6-11-20(18)28-4/h5-11,13,15-16H,12,14H2,1-4H3,(H2,24,25,26,27). The molecule has 0 spiro atoms. The lowest BCUT2D eigenvalue weighted by Crippen LogP contribution is -2.09. The summed E-state index contributed by atoms with van der Waals surface area (Å²) in [6.45, 7) is 7.24. The number of para-hydroxylation sites is 2. The van der Waals surface area contributed by atoms with Gasteiger partial charge in [0.1, 0.15) is 11.6 Å². The second-order valence-electron chi connectivity index (χ2n) is 7.07. The van der Waals surface area contributed by atoms with E-state index in [9.17, 15) is 0 Å². The van der Waals surface area contributed by atoms with Gasteiger partial charge in [-0.15, -0.1) is 0 Å². The Hall–Kier alpha value is -3.08. The summed E-state index contributed by atoms with van der Waals surface area (Å²) in [7, 11) is 1.70. The number of aromatic nitrogens is 2. The van der Waals surface area contributed by atoms with Crippen molar-refractivity contribution in [2.75, 3.05) is 24.3 Å². The van der Waals surface area contributed by atoms with Crippen LogP contribution in [0.4, 0.5) is 17.5 Å². The Morgan fingerprint density at radius 2 is 1.86 bits per heavy atom. The van der Waals surface area contributed by atoms with Crippen molar-refractivity contribution >= 4 is 17.5 Å². The molecule has 2 N–H and O–H groups in total. The van der Waals surface area contributed by atoms with E-state index < -0.39 is 0 Å². The zero-order chi connectivity index (χ0) is 19.9. The summed E-state index contributed by atoms with van der Waals surface area (Å²) >= 11 is 0. The summed E-state index contributed by atoms with van der Waals surface area (Å²) in [5.74, 6) is 2.73.